The summed E-state index contributed by atoms with van der Waals surface area (Å²) in [5.41, 5.74) is 0. The van der Waals surface area contributed by atoms with E-state index < -0.39 is 0 Å². The highest BCUT2D eigenvalue weighted by atomic mass is 16.5. The maximum atomic E-state index is 5.20. The molecular weight excluding hydrogens is 128 g/mol. The van der Waals surface area contributed by atoms with Crippen molar-refractivity contribution in [3.05, 3.63) is 6.92 Å². The van der Waals surface area contributed by atoms with E-state index in [1.807, 2.05) is 13.8 Å². The van der Waals surface area contributed by atoms with Gasteiger partial charge >= 0.3 is 0 Å². The Balaban J connectivity index is 2.97. The highest BCUT2D eigenvalue weighted by molar-refractivity contribution is 4.58. The van der Waals surface area contributed by atoms with E-state index in [0.29, 0.717) is 0 Å². The lowest BCUT2D eigenvalue weighted by molar-refractivity contribution is 0.0548. The lowest BCUT2D eigenvalue weighted by atomic mass is 10.3. The quantitative estimate of drug-likeness (QED) is 0.529. The SMILES string of the molecule is [CH2]C(CCOCC)OCC. The summed E-state index contributed by atoms with van der Waals surface area (Å²) in [5, 5.41) is 0. The van der Waals surface area contributed by atoms with Gasteiger partial charge in [-0.2, -0.15) is 0 Å². The van der Waals surface area contributed by atoms with Gasteiger partial charge in [0.1, 0.15) is 0 Å². The van der Waals surface area contributed by atoms with Gasteiger partial charge < -0.3 is 9.47 Å². The first kappa shape index (κ1) is 9.92. The molecule has 2 nitrogen and oxygen atoms in total. The number of ether oxygens (including phenoxy) is 2. The third-order valence-corrected chi connectivity index (χ3v) is 1.19. The maximum absolute atomic E-state index is 5.20. The molecule has 1 radical (unpaired) electrons. The van der Waals surface area contributed by atoms with Crippen LogP contribution < -0.4 is 0 Å². The first-order valence-corrected chi connectivity index (χ1v) is 3.83. The molecule has 0 fully saturated rings. The minimum Gasteiger partial charge on any atom is -0.382 e. The summed E-state index contributed by atoms with van der Waals surface area (Å²) in [6.45, 7) is 10.0. The average molecular weight is 145 g/mol. The van der Waals surface area contributed by atoms with E-state index in [-0.39, 0.29) is 6.10 Å². The molecule has 0 aliphatic carbocycles. The van der Waals surface area contributed by atoms with Crippen LogP contribution >= 0.6 is 0 Å². The zero-order valence-electron chi connectivity index (χ0n) is 6.93. The average Bonchev–Trinajstić information content (AvgIpc) is 1.89. The summed E-state index contributed by atoms with van der Waals surface area (Å²) < 4.78 is 10.3. The van der Waals surface area contributed by atoms with E-state index >= 15 is 0 Å². The van der Waals surface area contributed by atoms with Crippen molar-refractivity contribution in [2.75, 3.05) is 19.8 Å². The Morgan fingerprint density at radius 2 is 2.00 bits per heavy atom. The molecule has 2 heteroatoms. The van der Waals surface area contributed by atoms with Gasteiger partial charge in [0.2, 0.25) is 0 Å². The molecule has 0 aromatic heterocycles. The number of hydrogen-bond acceptors (Lipinski definition) is 2. The lowest BCUT2D eigenvalue weighted by Gasteiger charge is -2.10. The van der Waals surface area contributed by atoms with Crippen LogP contribution in [0.5, 0.6) is 0 Å². The first-order chi connectivity index (χ1) is 4.81. The fourth-order valence-electron chi connectivity index (χ4n) is 0.678. The van der Waals surface area contributed by atoms with Gasteiger partial charge in [0, 0.05) is 19.8 Å². The Hall–Kier alpha value is -0.0800. The van der Waals surface area contributed by atoms with Crippen molar-refractivity contribution in [1.29, 1.82) is 0 Å². The number of hydrogen-bond donors (Lipinski definition) is 0. The highest BCUT2D eigenvalue weighted by Gasteiger charge is 1.98. The molecule has 1 unspecified atom stereocenters. The minimum atomic E-state index is 0.0940. The third kappa shape index (κ3) is 6.05. The topological polar surface area (TPSA) is 18.5 Å². The normalized spacial score (nSPS) is 13.5. The van der Waals surface area contributed by atoms with Crippen LogP contribution in [0.15, 0.2) is 0 Å². The summed E-state index contributed by atoms with van der Waals surface area (Å²) >= 11 is 0. The van der Waals surface area contributed by atoms with E-state index in [9.17, 15) is 0 Å². The Bertz CT molecular complexity index is 64.3. The minimum absolute atomic E-state index is 0.0940. The molecule has 61 valence electrons. The molecule has 0 saturated carbocycles. The van der Waals surface area contributed by atoms with Crippen molar-refractivity contribution in [3.8, 4) is 0 Å². The van der Waals surface area contributed by atoms with Gasteiger partial charge in [0.05, 0.1) is 6.10 Å². The van der Waals surface area contributed by atoms with Gasteiger partial charge in [0.25, 0.3) is 0 Å². The van der Waals surface area contributed by atoms with E-state index in [1.165, 1.54) is 0 Å². The monoisotopic (exact) mass is 145 g/mol. The molecule has 0 N–H and O–H groups in total. The summed E-state index contributed by atoms with van der Waals surface area (Å²) in [6, 6.07) is 0. The van der Waals surface area contributed by atoms with Crippen LogP contribution in [-0.4, -0.2) is 25.9 Å². The van der Waals surface area contributed by atoms with E-state index in [4.69, 9.17) is 9.47 Å². The first-order valence-electron chi connectivity index (χ1n) is 3.83. The molecule has 0 saturated heterocycles. The van der Waals surface area contributed by atoms with Gasteiger partial charge in [0.15, 0.2) is 0 Å². The maximum Gasteiger partial charge on any atom is 0.0597 e. The van der Waals surface area contributed by atoms with Gasteiger partial charge in [-0.3, -0.25) is 0 Å². The molecule has 10 heavy (non-hydrogen) atoms. The second kappa shape index (κ2) is 7.03. The van der Waals surface area contributed by atoms with E-state index in [1.54, 1.807) is 0 Å². The van der Waals surface area contributed by atoms with Gasteiger partial charge in [-0.25, -0.2) is 0 Å². The lowest BCUT2D eigenvalue weighted by Crippen LogP contribution is -2.11. The molecule has 0 heterocycles. The Kier molecular flexibility index (Phi) is 6.98. The predicted octanol–water partition coefficient (Wildman–Crippen LogP) is 1.65. The molecule has 0 aliphatic rings. The zero-order chi connectivity index (χ0) is 7.82. The van der Waals surface area contributed by atoms with Crippen LogP contribution in [0.25, 0.3) is 0 Å². The van der Waals surface area contributed by atoms with Crippen molar-refractivity contribution < 1.29 is 9.47 Å². The van der Waals surface area contributed by atoms with Crippen LogP contribution in [0.4, 0.5) is 0 Å². The van der Waals surface area contributed by atoms with Crippen molar-refractivity contribution >= 4 is 0 Å². The number of rotatable bonds is 6. The second-order valence-corrected chi connectivity index (χ2v) is 2.06. The molecule has 1 atom stereocenters. The predicted molar refractivity (Wildman–Crippen MR) is 41.9 cm³/mol. The van der Waals surface area contributed by atoms with Crippen molar-refractivity contribution in [3.63, 3.8) is 0 Å². The highest BCUT2D eigenvalue weighted by Crippen LogP contribution is 1.95. The van der Waals surface area contributed by atoms with Crippen molar-refractivity contribution in [2.45, 2.75) is 26.4 Å². The molecule has 0 aromatic rings. The Morgan fingerprint density at radius 1 is 1.30 bits per heavy atom. The third-order valence-electron chi connectivity index (χ3n) is 1.19. The summed E-state index contributed by atoms with van der Waals surface area (Å²) in [6.07, 6.45) is 0.985. The van der Waals surface area contributed by atoms with Crippen molar-refractivity contribution in [1.82, 2.24) is 0 Å². The molecule has 0 amide bonds. The summed E-state index contributed by atoms with van der Waals surface area (Å²) in [4.78, 5) is 0. The van der Waals surface area contributed by atoms with E-state index in [0.717, 1.165) is 26.2 Å². The second-order valence-electron chi connectivity index (χ2n) is 2.06. The summed E-state index contributed by atoms with van der Waals surface area (Å²) in [7, 11) is 0. The van der Waals surface area contributed by atoms with Gasteiger partial charge in [-0.15, -0.1) is 0 Å². The van der Waals surface area contributed by atoms with Crippen LogP contribution in [0.2, 0.25) is 0 Å². The largest absolute Gasteiger partial charge is 0.382 e. The van der Waals surface area contributed by atoms with Gasteiger partial charge in [-0.1, -0.05) is 0 Å². The molecule has 0 aromatic carbocycles. The fourth-order valence-corrected chi connectivity index (χ4v) is 0.678. The smallest absolute Gasteiger partial charge is 0.0597 e. The molecular formula is C8H17O2. The van der Waals surface area contributed by atoms with Gasteiger partial charge in [-0.05, 0) is 27.2 Å². The van der Waals surface area contributed by atoms with E-state index in [2.05, 4.69) is 6.92 Å². The standard InChI is InChI=1S/C8H17O2/c1-4-9-7-6-8(3)10-5-2/h8H,3-7H2,1-2H3. The van der Waals surface area contributed by atoms with Crippen LogP contribution in [0.3, 0.4) is 0 Å². The van der Waals surface area contributed by atoms with Crippen molar-refractivity contribution in [2.24, 2.45) is 0 Å². The van der Waals surface area contributed by atoms with Crippen LogP contribution in [0, 0.1) is 6.92 Å². The Labute approximate surface area is 63.5 Å². The fraction of sp³-hybridized carbons (Fsp3) is 0.875. The molecule has 0 rings (SSSR count). The summed E-state index contributed by atoms with van der Waals surface area (Å²) in [5.74, 6) is 0. The zero-order valence-corrected chi connectivity index (χ0v) is 6.93. The van der Waals surface area contributed by atoms with Crippen LogP contribution in [-0.2, 0) is 9.47 Å². The Morgan fingerprint density at radius 3 is 2.50 bits per heavy atom. The molecule has 0 aliphatic heterocycles. The van der Waals surface area contributed by atoms with Crippen LogP contribution in [0.1, 0.15) is 20.3 Å². The molecule has 0 spiro atoms. The molecule has 0 bridgehead atoms.